The Morgan fingerprint density at radius 2 is 1.76 bits per heavy atom. The Labute approximate surface area is 195 Å². The zero-order valence-corrected chi connectivity index (χ0v) is 18.9. The summed E-state index contributed by atoms with van der Waals surface area (Å²) in [4.78, 5) is 27.8. The minimum absolute atomic E-state index is 0.0348. The van der Waals surface area contributed by atoms with Gasteiger partial charge in [-0.15, -0.1) is 11.3 Å². The predicted molar refractivity (Wildman–Crippen MR) is 125 cm³/mol. The minimum atomic E-state index is -1.01. The van der Waals surface area contributed by atoms with Gasteiger partial charge in [0, 0.05) is 18.7 Å². The van der Waals surface area contributed by atoms with Crippen LogP contribution in [0.15, 0.2) is 60.7 Å². The number of hydrogen-bond donors (Lipinski definition) is 2. The van der Waals surface area contributed by atoms with Crippen molar-refractivity contribution in [2.75, 3.05) is 31.2 Å². The first kappa shape index (κ1) is 22.8. The van der Waals surface area contributed by atoms with Crippen LogP contribution in [0.2, 0.25) is 0 Å². The summed E-state index contributed by atoms with van der Waals surface area (Å²) < 4.78 is 24.6. The second-order valence-electron chi connectivity index (χ2n) is 7.43. The number of hydrazine groups is 1. The standard InChI is InChI=1S/C24H24FN3O4S/c1-16(32-20-10-6-5-9-19(20)25)22(29)26-27-23(30)21-15-18(17-7-3-2-4-8-17)24(33-21)28-11-13-31-14-12-28/h2-10,15-16H,11-14H2,1H3,(H,26,29)(H,27,30)/t16-/m1/s1. The smallest absolute Gasteiger partial charge is 0.279 e. The van der Waals surface area contributed by atoms with Gasteiger partial charge in [0.2, 0.25) is 0 Å². The van der Waals surface area contributed by atoms with Crippen molar-refractivity contribution in [2.45, 2.75) is 13.0 Å². The Kier molecular flexibility index (Phi) is 7.21. The molecular weight excluding hydrogens is 445 g/mol. The number of halogens is 1. The number of rotatable bonds is 6. The fourth-order valence-corrected chi connectivity index (χ4v) is 4.51. The highest BCUT2D eigenvalue weighted by Crippen LogP contribution is 2.39. The van der Waals surface area contributed by atoms with E-state index in [-0.39, 0.29) is 5.75 Å². The van der Waals surface area contributed by atoms with Crippen LogP contribution < -0.4 is 20.5 Å². The third-order valence-corrected chi connectivity index (χ3v) is 6.32. The van der Waals surface area contributed by atoms with Gasteiger partial charge < -0.3 is 14.4 Å². The highest BCUT2D eigenvalue weighted by atomic mass is 32.1. The quantitative estimate of drug-likeness (QED) is 0.539. The molecular formula is C24H24FN3O4S. The number of carbonyl (C=O) groups is 2. The molecule has 2 amide bonds. The van der Waals surface area contributed by atoms with Crippen LogP contribution in [-0.2, 0) is 9.53 Å². The molecule has 0 bridgehead atoms. The lowest BCUT2D eigenvalue weighted by molar-refractivity contribution is -0.128. The van der Waals surface area contributed by atoms with E-state index in [9.17, 15) is 14.0 Å². The van der Waals surface area contributed by atoms with E-state index >= 15 is 0 Å². The van der Waals surface area contributed by atoms with Gasteiger partial charge in [-0.1, -0.05) is 42.5 Å². The van der Waals surface area contributed by atoms with Crippen LogP contribution in [0, 0.1) is 5.82 Å². The van der Waals surface area contributed by atoms with E-state index in [0.717, 1.165) is 29.2 Å². The van der Waals surface area contributed by atoms with Crippen molar-refractivity contribution >= 4 is 28.2 Å². The van der Waals surface area contributed by atoms with Crippen LogP contribution in [-0.4, -0.2) is 44.2 Å². The summed E-state index contributed by atoms with van der Waals surface area (Å²) in [5.74, 6) is -1.64. The molecule has 1 atom stereocenters. The van der Waals surface area contributed by atoms with E-state index in [1.807, 2.05) is 36.4 Å². The molecule has 1 aromatic heterocycles. The third kappa shape index (κ3) is 5.50. The van der Waals surface area contributed by atoms with Gasteiger partial charge in [0.1, 0.15) is 0 Å². The van der Waals surface area contributed by atoms with Crippen LogP contribution >= 0.6 is 11.3 Å². The van der Waals surface area contributed by atoms with Crippen molar-refractivity contribution in [1.29, 1.82) is 0 Å². The van der Waals surface area contributed by atoms with Gasteiger partial charge in [0.25, 0.3) is 11.8 Å². The van der Waals surface area contributed by atoms with Crippen LogP contribution in [0.4, 0.5) is 9.39 Å². The average Bonchev–Trinajstić information content (AvgIpc) is 3.30. The van der Waals surface area contributed by atoms with Crippen LogP contribution in [0.3, 0.4) is 0 Å². The van der Waals surface area contributed by atoms with Crippen LogP contribution in [0.5, 0.6) is 5.75 Å². The number of thiophene rings is 1. The molecule has 2 aromatic carbocycles. The highest BCUT2D eigenvalue weighted by Gasteiger charge is 2.23. The maximum absolute atomic E-state index is 13.7. The van der Waals surface area contributed by atoms with E-state index in [2.05, 4.69) is 15.8 Å². The van der Waals surface area contributed by atoms with E-state index in [4.69, 9.17) is 9.47 Å². The first-order chi connectivity index (χ1) is 16.0. The first-order valence-corrected chi connectivity index (χ1v) is 11.4. The van der Waals surface area contributed by atoms with Gasteiger partial charge >= 0.3 is 0 Å². The average molecular weight is 470 g/mol. The lowest BCUT2D eigenvalue weighted by atomic mass is 10.1. The van der Waals surface area contributed by atoms with Gasteiger partial charge in [-0.3, -0.25) is 20.4 Å². The monoisotopic (exact) mass is 469 g/mol. The van der Waals surface area contributed by atoms with Crippen molar-refractivity contribution < 1.29 is 23.5 Å². The fourth-order valence-electron chi connectivity index (χ4n) is 3.39. The second kappa shape index (κ2) is 10.5. The summed E-state index contributed by atoms with van der Waals surface area (Å²) in [7, 11) is 0. The molecule has 9 heteroatoms. The Bertz CT molecular complexity index is 1120. The Morgan fingerprint density at radius 3 is 2.48 bits per heavy atom. The summed E-state index contributed by atoms with van der Waals surface area (Å²) in [6.45, 7) is 4.21. The minimum Gasteiger partial charge on any atom is -0.478 e. The van der Waals surface area contributed by atoms with E-state index in [0.29, 0.717) is 18.1 Å². The van der Waals surface area contributed by atoms with E-state index < -0.39 is 23.7 Å². The maximum Gasteiger partial charge on any atom is 0.279 e. The van der Waals surface area contributed by atoms with Gasteiger partial charge in [0.05, 0.1) is 23.1 Å². The lowest BCUT2D eigenvalue weighted by Gasteiger charge is -2.28. The van der Waals surface area contributed by atoms with E-state index in [1.165, 1.54) is 36.5 Å². The van der Waals surface area contributed by atoms with Crippen molar-refractivity contribution in [3.63, 3.8) is 0 Å². The molecule has 1 fully saturated rings. The zero-order chi connectivity index (χ0) is 23.2. The largest absolute Gasteiger partial charge is 0.478 e. The van der Waals surface area contributed by atoms with Gasteiger partial charge in [0.15, 0.2) is 17.7 Å². The molecule has 172 valence electrons. The number of hydrogen-bond acceptors (Lipinski definition) is 6. The number of anilines is 1. The number of nitrogens with zero attached hydrogens (tertiary/aromatic N) is 1. The predicted octanol–water partition coefficient (Wildman–Crippen LogP) is 3.62. The number of amides is 2. The molecule has 1 aliphatic heterocycles. The molecule has 7 nitrogen and oxygen atoms in total. The molecule has 33 heavy (non-hydrogen) atoms. The molecule has 2 heterocycles. The molecule has 0 unspecified atom stereocenters. The molecule has 0 radical (unpaired) electrons. The molecule has 0 spiro atoms. The lowest BCUT2D eigenvalue weighted by Crippen LogP contribution is -2.47. The molecule has 2 N–H and O–H groups in total. The van der Waals surface area contributed by atoms with Gasteiger partial charge in [-0.05, 0) is 30.7 Å². The fraction of sp³-hybridized carbons (Fsp3) is 0.250. The van der Waals surface area contributed by atoms with Gasteiger partial charge in [-0.2, -0.15) is 0 Å². The van der Waals surface area contributed by atoms with Crippen molar-refractivity contribution in [2.24, 2.45) is 0 Å². The normalized spacial score (nSPS) is 14.4. The number of benzene rings is 2. The number of carbonyl (C=O) groups excluding carboxylic acids is 2. The summed E-state index contributed by atoms with van der Waals surface area (Å²) in [6, 6.07) is 17.5. The van der Waals surface area contributed by atoms with E-state index in [1.54, 1.807) is 6.07 Å². The van der Waals surface area contributed by atoms with Gasteiger partial charge in [-0.25, -0.2) is 4.39 Å². The molecule has 0 aliphatic carbocycles. The molecule has 3 aromatic rings. The molecule has 4 rings (SSSR count). The van der Waals surface area contributed by atoms with Crippen molar-refractivity contribution in [1.82, 2.24) is 10.9 Å². The summed E-state index contributed by atoms with van der Waals surface area (Å²) >= 11 is 1.36. The van der Waals surface area contributed by atoms with Crippen LogP contribution in [0.1, 0.15) is 16.6 Å². The zero-order valence-electron chi connectivity index (χ0n) is 18.0. The van der Waals surface area contributed by atoms with Crippen LogP contribution in [0.25, 0.3) is 11.1 Å². The second-order valence-corrected chi connectivity index (χ2v) is 8.46. The number of ether oxygens (including phenoxy) is 2. The Balaban J connectivity index is 1.45. The number of nitrogens with one attached hydrogen (secondary N) is 2. The Morgan fingerprint density at radius 1 is 1.06 bits per heavy atom. The maximum atomic E-state index is 13.7. The summed E-state index contributed by atoms with van der Waals surface area (Å²) in [6.07, 6.45) is -1.01. The van der Waals surface area contributed by atoms with Crippen molar-refractivity contribution in [3.8, 4) is 16.9 Å². The summed E-state index contributed by atoms with van der Waals surface area (Å²) in [5.41, 5.74) is 6.74. The van der Waals surface area contributed by atoms with Crippen molar-refractivity contribution in [3.05, 3.63) is 71.4 Å². The SMILES string of the molecule is C[C@@H](Oc1ccccc1F)C(=O)NNC(=O)c1cc(-c2ccccc2)c(N2CCOCC2)s1. The highest BCUT2D eigenvalue weighted by molar-refractivity contribution is 7.18. The number of para-hydroxylation sites is 1. The third-order valence-electron chi connectivity index (χ3n) is 5.13. The topological polar surface area (TPSA) is 79.9 Å². The summed E-state index contributed by atoms with van der Waals surface area (Å²) in [5, 5.41) is 0.984. The molecule has 0 saturated carbocycles. The Hall–Kier alpha value is -3.43. The molecule has 1 aliphatic rings. The number of morpholine rings is 1. The first-order valence-electron chi connectivity index (χ1n) is 10.6. The molecule has 1 saturated heterocycles.